The van der Waals surface area contributed by atoms with Crippen molar-refractivity contribution in [1.82, 2.24) is 4.90 Å². The molecule has 0 amide bonds. The summed E-state index contributed by atoms with van der Waals surface area (Å²) < 4.78 is 17.6. The lowest BCUT2D eigenvalue weighted by molar-refractivity contribution is 0.170. The van der Waals surface area contributed by atoms with Gasteiger partial charge in [0.1, 0.15) is 25.6 Å². The van der Waals surface area contributed by atoms with Gasteiger partial charge in [-0.2, -0.15) is 0 Å². The number of aryl methyl sites for hydroxylation is 1. The molecule has 0 saturated carbocycles. The van der Waals surface area contributed by atoms with Crippen LogP contribution in [0.1, 0.15) is 12.5 Å². The molecule has 4 rings (SSSR count). The van der Waals surface area contributed by atoms with Crippen molar-refractivity contribution < 1.29 is 14.2 Å². The number of piperazine rings is 1. The average molecular weight is 368 g/mol. The number of hydrogen-bond donors (Lipinski definition) is 0. The fourth-order valence-corrected chi connectivity index (χ4v) is 3.74. The SMILES string of the molecule is CCc1ccccc1OCCN1CCN(c2cccc3c2OCCO3)CC1. The topological polar surface area (TPSA) is 34.2 Å². The molecule has 0 N–H and O–H groups in total. The van der Waals surface area contributed by atoms with Crippen LogP contribution in [0.3, 0.4) is 0 Å². The number of hydrogen-bond acceptors (Lipinski definition) is 5. The summed E-state index contributed by atoms with van der Waals surface area (Å²) in [4.78, 5) is 4.87. The molecule has 0 bridgehead atoms. The summed E-state index contributed by atoms with van der Waals surface area (Å²) in [5, 5.41) is 0. The molecule has 2 aromatic rings. The van der Waals surface area contributed by atoms with E-state index in [2.05, 4.69) is 41.0 Å². The molecule has 0 unspecified atom stereocenters. The molecule has 2 aliphatic heterocycles. The Morgan fingerprint density at radius 3 is 2.59 bits per heavy atom. The van der Waals surface area contributed by atoms with Gasteiger partial charge in [-0.25, -0.2) is 0 Å². The van der Waals surface area contributed by atoms with Gasteiger partial charge in [0.2, 0.25) is 0 Å². The minimum absolute atomic E-state index is 0.626. The maximum Gasteiger partial charge on any atom is 0.184 e. The largest absolute Gasteiger partial charge is 0.492 e. The lowest BCUT2D eigenvalue weighted by Gasteiger charge is -2.37. The first kappa shape index (κ1) is 18.0. The van der Waals surface area contributed by atoms with E-state index in [1.54, 1.807) is 0 Å². The number of fused-ring (bicyclic) bond motifs is 1. The van der Waals surface area contributed by atoms with E-state index in [1.807, 2.05) is 18.2 Å². The van der Waals surface area contributed by atoms with Gasteiger partial charge in [-0.3, -0.25) is 4.90 Å². The lowest BCUT2D eigenvalue weighted by atomic mass is 10.1. The van der Waals surface area contributed by atoms with Crippen LogP contribution in [-0.2, 0) is 6.42 Å². The van der Waals surface area contributed by atoms with Crippen LogP contribution < -0.4 is 19.1 Å². The highest BCUT2D eigenvalue weighted by Gasteiger charge is 2.23. The molecule has 144 valence electrons. The molecule has 0 aliphatic carbocycles. The van der Waals surface area contributed by atoms with Crippen molar-refractivity contribution in [1.29, 1.82) is 0 Å². The molecule has 2 aromatic carbocycles. The van der Waals surface area contributed by atoms with Gasteiger partial charge in [0.15, 0.2) is 11.5 Å². The highest BCUT2D eigenvalue weighted by molar-refractivity contribution is 5.65. The Hall–Kier alpha value is -2.40. The molecular weight excluding hydrogens is 340 g/mol. The first-order valence-corrected chi connectivity index (χ1v) is 9.92. The summed E-state index contributed by atoms with van der Waals surface area (Å²) in [6.45, 7) is 9.15. The maximum absolute atomic E-state index is 6.02. The van der Waals surface area contributed by atoms with E-state index in [4.69, 9.17) is 14.2 Å². The third kappa shape index (κ3) is 4.14. The minimum atomic E-state index is 0.626. The fraction of sp³-hybridized carbons (Fsp3) is 0.455. The van der Waals surface area contributed by atoms with E-state index in [-0.39, 0.29) is 0 Å². The van der Waals surface area contributed by atoms with Gasteiger partial charge >= 0.3 is 0 Å². The standard InChI is InChI=1S/C22H28N2O3/c1-2-18-6-3-4-8-20(18)25-15-14-23-10-12-24(13-11-23)19-7-5-9-21-22(19)27-17-16-26-21/h3-9H,2,10-17H2,1H3. The van der Waals surface area contributed by atoms with Crippen molar-refractivity contribution in [2.24, 2.45) is 0 Å². The van der Waals surface area contributed by atoms with Gasteiger partial charge in [-0.15, -0.1) is 0 Å². The second-order valence-corrected chi connectivity index (χ2v) is 6.94. The second-order valence-electron chi connectivity index (χ2n) is 6.94. The van der Waals surface area contributed by atoms with Crippen LogP contribution in [0.5, 0.6) is 17.2 Å². The Labute approximate surface area is 161 Å². The third-order valence-electron chi connectivity index (χ3n) is 5.28. The van der Waals surface area contributed by atoms with Crippen molar-refractivity contribution in [2.45, 2.75) is 13.3 Å². The Morgan fingerprint density at radius 1 is 0.926 bits per heavy atom. The van der Waals surface area contributed by atoms with E-state index in [0.717, 1.165) is 68.7 Å². The highest BCUT2D eigenvalue weighted by atomic mass is 16.6. The van der Waals surface area contributed by atoms with Crippen molar-refractivity contribution >= 4 is 5.69 Å². The molecular formula is C22H28N2O3. The molecule has 5 nitrogen and oxygen atoms in total. The predicted octanol–water partition coefficient (Wildman–Crippen LogP) is 3.22. The fourth-order valence-electron chi connectivity index (χ4n) is 3.74. The van der Waals surface area contributed by atoms with Crippen LogP contribution in [0.25, 0.3) is 0 Å². The van der Waals surface area contributed by atoms with E-state index in [0.29, 0.717) is 13.2 Å². The van der Waals surface area contributed by atoms with Crippen molar-refractivity contribution in [3.8, 4) is 17.2 Å². The van der Waals surface area contributed by atoms with E-state index in [9.17, 15) is 0 Å². The Bertz CT molecular complexity index is 757. The van der Waals surface area contributed by atoms with Gasteiger partial charge in [0, 0.05) is 32.7 Å². The Kier molecular flexibility index (Phi) is 5.68. The Morgan fingerprint density at radius 2 is 1.74 bits per heavy atom. The quantitative estimate of drug-likeness (QED) is 0.782. The van der Waals surface area contributed by atoms with E-state index < -0.39 is 0 Å². The first-order valence-electron chi connectivity index (χ1n) is 9.92. The maximum atomic E-state index is 6.02. The molecule has 1 fully saturated rings. The van der Waals surface area contributed by atoms with Crippen LogP contribution >= 0.6 is 0 Å². The smallest absolute Gasteiger partial charge is 0.184 e. The summed E-state index contributed by atoms with van der Waals surface area (Å²) >= 11 is 0. The Balaban J connectivity index is 1.28. The number of rotatable bonds is 6. The number of para-hydroxylation sites is 2. The molecule has 5 heteroatoms. The van der Waals surface area contributed by atoms with Gasteiger partial charge in [-0.1, -0.05) is 31.2 Å². The third-order valence-corrected chi connectivity index (χ3v) is 5.28. The molecule has 0 atom stereocenters. The number of anilines is 1. The summed E-state index contributed by atoms with van der Waals surface area (Å²) in [6, 6.07) is 14.5. The molecule has 0 radical (unpaired) electrons. The molecule has 1 saturated heterocycles. The normalized spacial score (nSPS) is 17.0. The monoisotopic (exact) mass is 368 g/mol. The summed E-state index contributed by atoms with van der Waals surface area (Å²) in [6.07, 6.45) is 1.00. The van der Waals surface area contributed by atoms with Gasteiger partial charge in [-0.05, 0) is 30.2 Å². The molecule has 2 aliphatic rings. The number of benzene rings is 2. The predicted molar refractivity (Wildman–Crippen MR) is 107 cm³/mol. The van der Waals surface area contributed by atoms with Crippen molar-refractivity contribution in [3.05, 3.63) is 48.0 Å². The zero-order chi connectivity index (χ0) is 18.5. The van der Waals surface area contributed by atoms with Gasteiger partial charge < -0.3 is 19.1 Å². The first-order chi connectivity index (χ1) is 13.3. The number of nitrogens with zero attached hydrogens (tertiary/aromatic N) is 2. The van der Waals surface area contributed by atoms with Crippen LogP contribution in [0.15, 0.2) is 42.5 Å². The zero-order valence-corrected chi connectivity index (χ0v) is 16.0. The van der Waals surface area contributed by atoms with E-state index in [1.165, 1.54) is 5.56 Å². The average Bonchev–Trinajstić information content (AvgIpc) is 2.74. The summed E-state index contributed by atoms with van der Waals surface area (Å²) in [7, 11) is 0. The van der Waals surface area contributed by atoms with Crippen LogP contribution in [0.2, 0.25) is 0 Å². The van der Waals surface area contributed by atoms with Crippen LogP contribution in [-0.4, -0.2) is 57.4 Å². The molecule has 0 aromatic heterocycles. The summed E-state index contributed by atoms with van der Waals surface area (Å²) in [5.74, 6) is 2.78. The lowest BCUT2D eigenvalue weighted by Crippen LogP contribution is -2.47. The molecule has 27 heavy (non-hydrogen) atoms. The van der Waals surface area contributed by atoms with Crippen molar-refractivity contribution in [2.75, 3.05) is 57.4 Å². The van der Waals surface area contributed by atoms with Crippen molar-refractivity contribution in [3.63, 3.8) is 0 Å². The second kappa shape index (κ2) is 8.53. The van der Waals surface area contributed by atoms with E-state index >= 15 is 0 Å². The summed E-state index contributed by atoms with van der Waals surface area (Å²) in [5.41, 5.74) is 2.43. The zero-order valence-electron chi connectivity index (χ0n) is 16.0. The minimum Gasteiger partial charge on any atom is -0.492 e. The number of ether oxygens (including phenoxy) is 3. The van der Waals surface area contributed by atoms with Crippen LogP contribution in [0.4, 0.5) is 5.69 Å². The van der Waals surface area contributed by atoms with Gasteiger partial charge in [0.05, 0.1) is 5.69 Å². The van der Waals surface area contributed by atoms with Gasteiger partial charge in [0.25, 0.3) is 0 Å². The highest BCUT2D eigenvalue weighted by Crippen LogP contribution is 2.39. The molecule has 2 heterocycles. The van der Waals surface area contributed by atoms with Crippen LogP contribution in [0, 0.1) is 0 Å². The molecule has 0 spiro atoms.